The van der Waals surface area contributed by atoms with E-state index in [9.17, 15) is 4.79 Å². The lowest BCUT2D eigenvalue weighted by Gasteiger charge is -2.12. The van der Waals surface area contributed by atoms with Crippen molar-refractivity contribution in [3.63, 3.8) is 0 Å². The molecule has 0 saturated heterocycles. The molecule has 0 atom stereocenters. The molecule has 1 amide bonds. The smallest absolute Gasteiger partial charge is 0.251 e. The second-order valence-electron chi connectivity index (χ2n) is 4.73. The van der Waals surface area contributed by atoms with Gasteiger partial charge in [0.15, 0.2) is 0 Å². The Morgan fingerprint density at radius 1 is 1.00 bits per heavy atom. The first-order valence-corrected chi connectivity index (χ1v) is 7.71. The van der Waals surface area contributed by atoms with Crippen LogP contribution in [0.3, 0.4) is 0 Å². The van der Waals surface area contributed by atoms with Gasteiger partial charge in [-0.2, -0.15) is 0 Å². The summed E-state index contributed by atoms with van der Waals surface area (Å²) >= 11 is 3.38. The fraction of sp³-hybridized carbons (Fsp3) is 0.235. The third-order valence-corrected chi connectivity index (χ3v) is 4.10. The molecule has 6 heteroatoms. The maximum absolute atomic E-state index is 12.3. The van der Waals surface area contributed by atoms with Crippen LogP contribution in [0.1, 0.15) is 15.9 Å². The number of hydrogen-bond acceptors (Lipinski definition) is 4. The van der Waals surface area contributed by atoms with Crippen LogP contribution in [-0.4, -0.2) is 27.2 Å². The summed E-state index contributed by atoms with van der Waals surface area (Å²) in [5.74, 6) is 1.66. The topological polar surface area (TPSA) is 56.8 Å². The number of methoxy groups -OCH3 is 3. The zero-order valence-corrected chi connectivity index (χ0v) is 14.8. The molecule has 0 aromatic heterocycles. The lowest BCUT2D eigenvalue weighted by molar-refractivity contribution is 0.0950. The van der Waals surface area contributed by atoms with Crippen molar-refractivity contribution in [3.05, 3.63) is 52.0 Å². The molecule has 5 nitrogen and oxygen atoms in total. The molecule has 122 valence electrons. The van der Waals surface area contributed by atoms with Crippen molar-refractivity contribution in [1.29, 1.82) is 0 Å². The SMILES string of the molecule is COc1ccc(CNC(=O)c2cc(OC)c(Br)c(OC)c2)cc1. The number of carbonyl (C=O) groups is 1. The van der Waals surface area contributed by atoms with Crippen molar-refractivity contribution in [1.82, 2.24) is 5.32 Å². The molecule has 23 heavy (non-hydrogen) atoms. The summed E-state index contributed by atoms with van der Waals surface area (Å²) in [6, 6.07) is 10.8. The van der Waals surface area contributed by atoms with Gasteiger partial charge in [-0.1, -0.05) is 12.1 Å². The van der Waals surface area contributed by atoms with Crippen LogP contribution in [-0.2, 0) is 6.54 Å². The number of nitrogens with one attached hydrogen (secondary N) is 1. The standard InChI is InChI=1S/C17H18BrNO4/c1-21-13-6-4-11(5-7-13)10-19-17(20)12-8-14(22-2)16(18)15(9-12)23-3/h4-9H,10H2,1-3H3,(H,19,20). The third kappa shape index (κ3) is 4.16. The van der Waals surface area contributed by atoms with Gasteiger partial charge >= 0.3 is 0 Å². The molecule has 0 unspecified atom stereocenters. The van der Waals surface area contributed by atoms with Gasteiger partial charge in [-0.25, -0.2) is 0 Å². The Morgan fingerprint density at radius 2 is 1.57 bits per heavy atom. The Hall–Kier alpha value is -2.21. The first-order chi connectivity index (χ1) is 11.1. The minimum Gasteiger partial charge on any atom is -0.497 e. The van der Waals surface area contributed by atoms with Gasteiger partial charge in [-0.05, 0) is 45.8 Å². The zero-order chi connectivity index (χ0) is 16.8. The van der Waals surface area contributed by atoms with Gasteiger partial charge in [0, 0.05) is 12.1 Å². The summed E-state index contributed by atoms with van der Waals surface area (Å²) < 4.78 is 16.3. The Labute approximate surface area is 143 Å². The van der Waals surface area contributed by atoms with E-state index in [4.69, 9.17) is 14.2 Å². The van der Waals surface area contributed by atoms with Crippen LogP contribution < -0.4 is 19.5 Å². The van der Waals surface area contributed by atoms with E-state index in [2.05, 4.69) is 21.2 Å². The minimum absolute atomic E-state index is 0.204. The maximum Gasteiger partial charge on any atom is 0.251 e. The van der Waals surface area contributed by atoms with Gasteiger partial charge in [-0.3, -0.25) is 4.79 Å². The Balaban J connectivity index is 2.10. The van der Waals surface area contributed by atoms with Crippen molar-refractivity contribution >= 4 is 21.8 Å². The molecule has 0 spiro atoms. The second-order valence-corrected chi connectivity index (χ2v) is 5.52. The van der Waals surface area contributed by atoms with Gasteiger partial charge in [-0.15, -0.1) is 0 Å². The number of carbonyl (C=O) groups excluding carboxylic acids is 1. The van der Waals surface area contributed by atoms with Gasteiger partial charge in [0.05, 0.1) is 21.3 Å². The highest BCUT2D eigenvalue weighted by atomic mass is 79.9. The van der Waals surface area contributed by atoms with Gasteiger partial charge in [0.2, 0.25) is 0 Å². The lowest BCUT2D eigenvalue weighted by Crippen LogP contribution is -2.22. The van der Waals surface area contributed by atoms with E-state index in [1.54, 1.807) is 33.5 Å². The lowest BCUT2D eigenvalue weighted by atomic mass is 10.1. The number of amides is 1. The number of ether oxygens (including phenoxy) is 3. The molecule has 0 aliphatic rings. The van der Waals surface area contributed by atoms with E-state index in [0.29, 0.717) is 28.1 Å². The normalized spacial score (nSPS) is 10.1. The number of halogens is 1. The molecule has 0 aliphatic heterocycles. The number of benzene rings is 2. The Kier molecular flexibility index (Phi) is 5.87. The van der Waals surface area contributed by atoms with Crippen LogP contribution >= 0.6 is 15.9 Å². The largest absolute Gasteiger partial charge is 0.497 e. The van der Waals surface area contributed by atoms with E-state index < -0.39 is 0 Å². The molecule has 0 bridgehead atoms. The first kappa shape index (κ1) is 17.1. The van der Waals surface area contributed by atoms with Crippen molar-refractivity contribution in [2.75, 3.05) is 21.3 Å². The van der Waals surface area contributed by atoms with E-state index in [0.717, 1.165) is 11.3 Å². The van der Waals surface area contributed by atoms with Gasteiger partial charge in [0.25, 0.3) is 5.91 Å². The molecule has 0 heterocycles. The van der Waals surface area contributed by atoms with Crippen molar-refractivity contribution in [2.24, 2.45) is 0 Å². The summed E-state index contributed by atoms with van der Waals surface area (Å²) in [4.78, 5) is 12.3. The fourth-order valence-electron chi connectivity index (χ4n) is 2.03. The van der Waals surface area contributed by atoms with Crippen LogP contribution in [0.15, 0.2) is 40.9 Å². The quantitative estimate of drug-likeness (QED) is 0.835. The van der Waals surface area contributed by atoms with E-state index in [1.807, 2.05) is 24.3 Å². The van der Waals surface area contributed by atoms with Crippen molar-refractivity contribution in [2.45, 2.75) is 6.54 Å². The average molecular weight is 380 g/mol. The fourth-order valence-corrected chi connectivity index (χ4v) is 2.58. The molecule has 1 N–H and O–H groups in total. The summed E-state index contributed by atoms with van der Waals surface area (Å²) in [6.45, 7) is 0.420. The average Bonchev–Trinajstić information content (AvgIpc) is 2.60. The highest BCUT2D eigenvalue weighted by Gasteiger charge is 2.14. The van der Waals surface area contributed by atoms with Crippen LogP contribution in [0.4, 0.5) is 0 Å². The molecule has 2 aromatic carbocycles. The Bertz CT molecular complexity index is 660. The molecule has 0 fully saturated rings. The summed E-state index contributed by atoms with van der Waals surface area (Å²) in [7, 11) is 4.70. The van der Waals surface area contributed by atoms with Gasteiger partial charge in [0.1, 0.15) is 21.7 Å². The molecular weight excluding hydrogens is 362 g/mol. The summed E-state index contributed by atoms with van der Waals surface area (Å²) in [6.07, 6.45) is 0. The monoisotopic (exact) mass is 379 g/mol. The molecule has 0 aliphatic carbocycles. The maximum atomic E-state index is 12.3. The van der Waals surface area contributed by atoms with Crippen LogP contribution in [0.25, 0.3) is 0 Å². The molecule has 0 radical (unpaired) electrons. The number of rotatable bonds is 6. The molecule has 0 saturated carbocycles. The molecular formula is C17H18BrNO4. The first-order valence-electron chi connectivity index (χ1n) is 6.91. The van der Waals surface area contributed by atoms with E-state index in [1.165, 1.54) is 0 Å². The third-order valence-electron chi connectivity index (χ3n) is 3.32. The van der Waals surface area contributed by atoms with Crippen LogP contribution in [0.2, 0.25) is 0 Å². The van der Waals surface area contributed by atoms with Crippen LogP contribution in [0.5, 0.6) is 17.2 Å². The second kappa shape index (κ2) is 7.87. The van der Waals surface area contributed by atoms with E-state index in [-0.39, 0.29) is 5.91 Å². The predicted molar refractivity (Wildman–Crippen MR) is 91.4 cm³/mol. The Morgan fingerprint density at radius 3 is 2.04 bits per heavy atom. The van der Waals surface area contributed by atoms with E-state index >= 15 is 0 Å². The number of hydrogen-bond donors (Lipinski definition) is 1. The summed E-state index contributed by atoms with van der Waals surface area (Å²) in [5, 5.41) is 2.87. The zero-order valence-electron chi connectivity index (χ0n) is 13.2. The van der Waals surface area contributed by atoms with Crippen LogP contribution in [0, 0.1) is 0 Å². The van der Waals surface area contributed by atoms with Crippen molar-refractivity contribution < 1.29 is 19.0 Å². The predicted octanol–water partition coefficient (Wildman–Crippen LogP) is 3.40. The molecule has 2 rings (SSSR count). The highest BCUT2D eigenvalue weighted by molar-refractivity contribution is 9.10. The molecule has 2 aromatic rings. The van der Waals surface area contributed by atoms with Gasteiger partial charge < -0.3 is 19.5 Å². The minimum atomic E-state index is -0.204. The highest BCUT2D eigenvalue weighted by Crippen LogP contribution is 2.35. The van der Waals surface area contributed by atoms with Crippen molar-refractivity contribution in [3.8, 4) is 17.2 Å². The summed E-state index contributed by atoms with van der Waals surface area (Å²) in [5.41, 5.74) is 1.45.